The molecule has 1 saturated carbocycles. The van der Waals surface area contributed by atoms with E-state index in [0.717, 1.165) is 24.8 Å². The molecule has 1 aliphatic carbocycles. The monoisotopic (exact) mass is 372 g/mol. The summed E-state index contributed by atoms with van der Waals surface area (Å²) in [5.41, 5.74) is 0.753. The minimum absolute atomic E-state index is 0.158. The number of carbonyl (C=O) groups is 2. The Balaban J connectivity index is 1.31. The summed E-state index contributed by atoms with van der Waals surface area (Å²) in [6.07, 6.45) is 4.43. The Morgan fingerprint density at radius 1 is 1.19 bits per heavy atom. The van der Waals surface area contributed by atoms with Crippen LogP contribution in [0.1, 0.15) is 33.6 Å². The van der Waals surface area contributed by atoms with Crippen LogP contribution in [0.15, 0.2) is 18.3 Å². The van der Waals surface area contributed by atoms with Gasteiger partial charge in [0.05, 0.1) is 24.1 Å². The zero-order chi connectivity index (χ0) is 19.2. The van der Waals surface area contributed by atoms with Crippen LogP contribution in [0.3, 0.4) is 0 Å². The number of hydrogen-bond acceptors (Lipinski definition) is 5. The van der Waals surface area contributed by atoms with Crippen molar-refractivity contribution < 1.29 is 14.3 Å². The molecule has 3 aliphatic rings. The van der Waals surface area contributed by atoms with Gasteiger partial charge in [0, 0.05) is 31.6 Å². The normalized spacial score (nSPS) is 27.1. The Kier molecular flexibility index (Phi) is 4.58. The number of ether oxygens (including phenoxy) is 1. The van der Waals surface area contributed by atoms with Gasteiger partial charge in [-0.15, -0.1) is 0 Å². The van der Waals surface area contributed by atoms with Crippen molar-refractivity contribution in [3.8, 4) is 0 Å². The number of amides is 2. The average molecular weight is 372 g/mol. The van der Waals surface area contributed by atoms with Gasteiger partial charge in [-0.2, -0.15) is 0 Å². The van der Waals surface area contributed by atoms with Crippen LogP contribution < -0.4 is 10.2 Å². The zero-order valence-corrected chi connectivity index (χ0v) is 16.3. The minimum atomic E-state index is -0.587. The molecule has 0 bridgehead atoms. The maximum absolute atomic E-state index is 12.3. The maximum Gasteiger partial charge on any atom is 0.313 e. The van der Waals surface area contributed by atoms with Gasteiger partial charge in [0.25, 0.3) is 0 Å². The number of pyridine rings is 1. The number of rotatable bonds is 3. The Morgan fingerprint density at radius 3 is 2.41 bits per heavy atom. The molecular formula is C20H28N4O3. The summed E-state index contributed by atoms with van der Waals surface area (Å²) >= 11 is 0. The van der Waals surface area contributed by atoms with Gasteiger partial charge in [-0.05, 0) is 44.7 Å². The summed E-state index contributed by atoms with van der Waals surface area (Å²) in [7, 11) is 0. The van der Waals surface area contributed by atoms with Gasteiger partial charge in [0.15, 0.2) is 0 Å². The highest BCUT2D eigenvalue weighted by atomic mass is 16.5. The van der Waals surface area contributed by atoms with Crippen molar-refractivity contribution >= 4 is 23.3 Å². The molecule has 2 atom stereocenters. The van der Waals surface area contributed by atoms with Gasteiger partial charge >= 0.3 is 11.8 Å². The molecule has 3 fully saturated rings. The number of aromatic nitrogens is 1. The van der Waals surface area contributed by atoms with Crippen molar-refractivity contribution in [1.82, 2.24) is 9.88 Å². The summed E-state index contributed by atoms with van der Waals surface area (Å²) < 4.78 is 5.74. The van der Waals surface area contributed by atoms with Crippen molar-refractivity contribution in [3.05, 3.63) is 18.3 Å². The molecule has 1 aromatic rings. The van der Waals surface area contributed by atoms with Crippen molar-refractivity contribution in [2.24, 2.45) is 11.3 Å². The van der Waals surface area contributed by atoms with Gasteiger partial charge in [-0.1, -0.05) is 6.92 Å². The van der Waals surface area contributed by atoms with E-state index in [1.54, 1.807) is 17.2 Å². The second kappa shape index (κ2) is 6.78. The quantitative estimate of drug-likeness (QED) is 0.820. The summed E-state index contributed by atoms with van der Waals surface area (Å²) in [5.74, 6) is 0.542. The third-order valence-corrected chi connectivity index (χ3v) is 5.90. The first kappa shape index (κ1) is 18.2. The fraction of sp³-hybridized carbons (Fsp3) is 0.650. The molecule has 2 unspecified atom stereocenters. The van der Waals surface area contributed by atoms with Crippen LogP contribution in [0, 0.1) is 11.3 Å². The molecule has 0 spiro atoms. The molecular weight excluding hydrogens is 344 g/mol. The first-order chi connectivity index (χ1) is 12.8. The zero-order valence-electron chi connectivity index (χ0n) is 16.3. The molecule has 146 valence electrons. The molecule has 4 rings (SSSR count). The van der Waals surface area contributed by atoms with Crippen LogP contribution in [0.5, 0.6) is 0 Å². The summed E-state index contributed by atoms with van der Waals surface area (Å²) in [6.45, 7) is 9.26. The molecule has 7 nitrogen and oxygen atoms in total. The fourth-order valence-corrected chi connectivity index (χ4v) is 4.35. The first-order valence-corrected chi connectivity index (χ1v) is 9.81. The number of anilines is 2. The highest BCUT2D eigenvalue weighted by Crippen LogP contribution is 2.50. The van der Waals surface area contributed by atoms with Gasteiger partial charge in [-0.25, -0.2) is 4.98 Å². The van der Waals surface area contributed by atoms with E-state index >= 15 is 0 Å². The van der Waals surface area contributed by atoms with Crippen molar-refractivity contribution in [2.45, 2.75) is 45.8 Å². The molecule has 0 aromatic carbocycles. The van der Waals surface area contributed by atoms with E-state index in [0.29, 0.717) is 18.8 Å². The Hall–Kier alpha value is -2.15. The molecule has 2 saturated heterocycles. The van der Waals surface area contributed by atoms with Crippen LogP contribution in [0.2, 0.25) is 0 Å². The second-order valence-electron chi connectivity index (χ2n) is 8.61. The van der Waals surface area contributed by atoms with Gasteiger partial charge < -0.3 is 19.9 Å². The van der Waals surface area contributed by atoms with Gasteiger partial charge in [0.1, 0.15) is 5.82 Å². The van der Waals surface area contributed by atoms with E-state index in [9.17, 15) is 9.59 Å². The summed E-state index contributed by atoms with van der Waals surface area (Å²) in [6, 6.07) is 3.67. The van der Waals surface area contributed by atoms with E-state index < -0.39 is 11.8 Å². The lowest BCUT2D eigenvalue weighted by Gasteiger charge is -2.48. The molecule has 3 heterocycles. The number of hydrogen-bond donors (Lipinski definition) is 1. The van der Waals surface area contributed by atoms with Gasteiger partial charge in [-0.3, -0.25) is 9.59 Å². The minimum Gasteiger partial charge on any atom is -0.372 e. The standard InChI is InChI=1S/C20H28N4O3/c1-13-9-23(10-14(2)27-13)17-7-6-16(8-21-17)22-18(25)19(26)24-11-20(3,12-24)15-4-5-15/h6-8,13-15H,4-5,9-12H2,1-3H3,(H,22,25). The van der Waals surface area contributed by atoms with E-state index in [1.807, 2.05) is 19.9 Å². The number of carbonyl (C=O) groups excluding carboxylic acids is 2. The first-order valence-electron chi connectivity index (χ1n) is 9.81. The maximum atomic E-state index is 12.3. The summed E-state index contributed by atoms with van der Waals surface area (Å²) in [4.78, 5) is 32.8. The number of likely N-dealkylation sites (tertiary alicyclic amines) is 1. The van der Waals surface area contributed by atoms with Gasteiger partial charge in [0.2, 0.25) is 0 Å². The third-order valence-electron chi connectivity index (χ3n) is 5.90. The van der Waals surface area contributed by atoms with E-state index in [1.165, 1.54) is 12.8 Å². The molecule has 1 N–H and O–H groups in total. The van der Waals surface area contributed by atoms with Crippen LogP contribution in [0.25, 0.3) is 0 Å². The van der Waals surface area contributed by atoms with E-state index in [2.05, 4.69) is 22.1 Å². The SMILES string of the molecule is CC1CN(c2ccc(NC(=O)C(=O)N3CC(C)(C4CC4)C3)cn2)CC(C)O1. The average Bonchev–Trinajstić information content (AvgIpc) is 3.43. The molecule has 1 aromatic heterocycles. The largest absolute Gasteiger partial charge is 0.372 e. The molecule has 7 heteroatoms. The van der Waals surface area contributed by atoms with Crippen molar-refractivity contribution in [1.29, 1.82) is 0 Å². The van der Waals surface area contributed by atoms with Crippen LogP contribution >= 0.6 is 0 Å². The van der Waals surface area contributed by atoms with Crippen LogP contribution in [-0.4, -0.2) is 60.1 Å². The van der Waals surface area contributed by atoms with Crippen molar-refractivity contribution in [3.63, 3.8) is 0 Å². The Labute approximate surface area is 160 Å². The highest BCUT2D eigenvalue weighted by Gasteiger charge is 2.51. The lowest BCUT2D eigenvalue weighted by molar-refractivity contribution is -0.152. The van der Waals surface area contributed by atoms with E-state index in [4.69, 9.17) is 4.74 Å². The predicted octanol–water partition coefficient (Wildman–Crippen LogP) is 1.89. The van der Waals surface area contributed by atoms with Crippen LogP contribution in [-0.2, 0) is 14.3 Å². The lowest BCUT2D eigenvalue weighted by atomic mass is 9.77. The van der Waals surface area contributed by atoms with E-state index in [-0.39, 0.29) is 17.6 Å². The van der Waals surface area contributed by atoms with Crippen LogP contribution in [0.4, 0.5) is 11.5 Å². The summed E-state index contributed by atoms with van der Waals surface area (Å²) in [5, 5.41) is 2.67. The molecule has 27 heavy (non-hydrogen) atoms. The molecule has 0 radical (unpaired) electrons. The fourth-order valence-electron chi connectivity index (χ4n) is 4.35. The number of nitrogens with one attached hydrogen (secondary N) is 1. The highest BCUT2D eigenvalue weighted by molar-refractivity contribution is 6.39. The lowest BCUT2D eigenvalue weighted by Crippen LogP contribution is -2.60. The Morgan fingerprint density at radius 2 is 1.85 bits per heavy atom. The predicted molar refractivity (Wildman–Crippen MR) is 102 cm³/mol. The number of nitrogens with zero attached hydrogens (tertiary/aromatic N) is 3. The molecule has 2 aliphatic heterocycles. The topological polar surface area (TPSA) is 74.8 Å². The smallest absolute Gasteiger partial charge is 0.313 e. The molecule has 2 amide bonds. The second-order valence-corrected chi connectivity index (χ2v) is 8.61. The van der Waals surface area contributed by atoms with Crippen molar-refractivity contribution in [2.75, 3.05) is 36.4 Å². The third kappa shape index (κ3) is 3.78. The number of morpholine rings is 1. The Bertz CT molecular complexity index is 715.